The molecule has 0 radical (unpaired) electrons. The van der Waals surface area contributed by atoms with Gasteiger partial charge in [0.15, 0.2) is 0 Å². The predicted octanol–water partition coefficient (Wildman–Crippen LogP) is 2.75. The number of nitrogens with one attached hydrogen (secondary N) is 1. The number of likely N-dealkylation sites (N-methyl/N-ethyl adjacent to an activating group) is 1. The largest absolute Gasteiger partial charge is 0.314 e. The lowest BCUT2D eigenvalue weighted by atomic mass is 10.1. The third-order valence-electron chi connectivity index (χ3n) is 3.37. The first-order valence-corrected chi connectivity index (χ1v) is 6.75. The topological polar surface area (TPSA) is 32.3 Å². The molecule has 20 heavy (non-hydrogen) atoms. The molecule has 0 heterocycles. The SMILES string of the molecule is Cc1ccccc1CNCC(=O)N(C)c1ccccc1. The van der Waals surface area contributed by atoms with Crippen LogP contribution in [0.5, 0.6) is 0 Å². The lowest BCUT2D eigenvalue weighted by Crippen LogP contribution is -2.35. The van der Waals surface area contributed by atoms with Crippen LogP contribution in [0, 0.1) is 6.92 Å². The maximum Gasteiger partial charge on any atom is 0.240 e. The molecule has 2 aromatic carbocycles. The highest BCUT2D eigenvalue weighted by Crippen LogP contribution is 2.11. The van der Waals surface area contributed by atoms with Crippen molar-refractivity contribution in [3.05, 3.63) is 65.7 Å². The second kappa shape index (κ2) is 6.87. The maximum absolute atomic E-state index is 12.1. The van der Waals surface area contributed by atoms with Crippen molar-refractivity contribution in [2.75, 3.05) is 18.5 Å². The molecule has 0 aliphatic heterocycles. The summed E-state index contributed by atoms with van der Waals surface area (Å²) in [7, 11) is 1.80. The Morgan fingerprint density at radius 1 is 1.05 bits per heavy atom. The fourth-order valence-corrected chi connectivity index (χ4v) is 2.03. The minimum atomic E-state index is 0.0600. The summed E-state index contributed by atoms with van der Waals surface area (Å²) in [6.45, 7) is 3.12. The zero-order valence-corrected chi connectivity index (χ0v) is 12.0. The molecular weight excluding hydrogens is 248 g/mol. The van der Waals surface area contributed by atoms with Crippen LogP contribution in [0.2, 0.25) is 0 Å². The summed E-state index contributed by atoms with van der Waals surface area (Å²) in [6, 6.07) is 17.9. The number of carbonyl (C=O) groups excluding carboxylic acids is 1. The quantitative estimate of drug-likeness (QED) is 0.904. The molecular formula is C17H20N2O. The Morgan fingerprint density at radius 3 is 2.40 bits per heavy atom. The molecule has 1 N–H and O–H groups in total. The summed E-state index contributed by atoms with van der Waals surface area (Å²) < 4.78 is 0. The van der Waals surface area contributed by atoms with Gasteiger partial charge in [-0.05, 0) is 30.2 Å². The Hall–Kier alpha value is -2.13. The predicted molar refractivity (Wildman–Crippen MR) is 82.7 cm³/mol. The van der Waals surface area contributed by atoms with Crippen LogP contribution in [0.3, 0.4) is 0 Å². The summed E-state index contributed by atoms with van der Waals surface area (Å²) in [5.74, 6) is 0.0600. The summed E-state index contributed by atoms with van der Waals surface area (Å²) in [5.41, 5.74) is 3.38. The fraction of sp³-hybridized carbons (Fsp3) is 0.235. The van der Waals surface area contributed by atoms with Crippen molar-refractivity contribution >= 4 is 11.6 Å². The summed E-state index contributed by atoms with van der Waals surface area (Å²) >= 11 is 0. The molecule has 0 unspecified atom stereocenters. The van der Waals surface area contributed by atoms with E-state index in [2.05, 4.69) is 24.4 Å². The van der Waals surface area contributed by atoms with E-state index in [-0.39, 0.29) is 5.91 Å². The Labute approximate surface area is 120 Å². The normalized spacial score (nSPS) is 10.3. The van der Waals surface area contributed by atoms with Crippen molar-refractivity contribution in [1.82, 2.24) is 5.32 Å². The van der Waals surface area contributed by atoms with Gasteiger partial charge in [0.25, 0.3) is 0 Å². The lowest BCUT2D eigenvalue weighted by molar-refractivity contribution is -0.117. The van der Waals surface area contributed by atoms with Gasteiger partial charge in [-0.25, -0.2) is 0 Å². The summed E-state index contributed by atoms with van der Waals surface area (Å²) in [6.07, 6.45) is 0. The van der Waals surface area contributed by atoms with E-state index in [1.54, 1.807) is 11.9 Å². The van der Waals surface area contributed by atoms with Crippen LogP contribution in [-0.2, 0) is 11.3 Å². The van der Waals surface area contributed by atoms with Crippen molar-refractivity contribution in [2.45, 2.75) is 13.5 Å². The molecule has 3 heteroatoms. The molecule has 104 valence electrons. The fourth-order valence-electron chi connectivity index (χ4n) is 2.03. The average Bonchev–Trinajstić information content (AvgIpc) is 2.49. The number of hydrogen-bond donors (Lipinski definition) is 1. The molecule has 0 fully saturated rings. The van der Waals surface area contributed by atoms with E-state index >= 15 is 0 Å². The molecule has 0 atom stereocenters. The molecule has 0 aliphatic rings. The maximum atomic E-state index is 12.1. The number of rotatable bonds is 5. The smallest absolute Gasteiger partial charge is 0.240 e. The highest BCUT2D eigenvalue weighted by Gasteiger charge is 2.09. The second-order valence-electron chi connectivity index (χ2n) is 4.82. The number of anilines is 1. The molecule has 1 amide bonds. The highest BCUT2D eigenvalue weighted by molar-refractivity contribution is 5.94. The van der Waals surface area contributed by atoms with Crippen molar-refractivity contribution < 1.29 is 4.79 Å². The van der Waals surface area contributed by atoms with Crippen molar-refractivity contribution in [2.24, 2.45) is 0 Å². The Morgan fingerprint density at radius 2 is 1.70 bits per heavy atom. The first-order chi connectivity index (χ1) is 9.68. The monoisotopic (exact) mass is 268 g/mol. The number of carbonyl (C=O) groups is 1. The summed E-state index contributed by atoms with van der Waals surface area (Å²) in [5, 5.41) is 3.20. The molecule has 0 aliphatic carbocycles. The third-order valence-corrected chi connectivity index (χ3v) is 3.37. The van der Waals surface area contributed by atoms with Crippen molar-refractivity contribution in [3.63, 3.8) is 0 Å². The van der Waals surface area contributed by atoms with Gasteiger partial charge >= 0.3 is 0 Å². The Kier molecular flexibility index (Phi) is 4.91. The minimum absolute atomic E-state index is 0.0600. The molecule has 0 spiro atoms. The van der Waals surface area contributed by atoms with Crippen molar-refractivity contribution in [3.8, 4) is 0 Å². The average molecular weight is 268 g/mol. The van der Waals surface area contributed by atoms with Gasteiger partial charge in [-0.3, -0.25) is 4.79 Å². The standard InChI is InChI=1S/C17H20N2O/c1-14-8-6-7-9-15(14)12-18-13-17(20)19(2)16-10-4-3-5-11-16/h3-11,18H,12-13H2,1-2H3. The Bertz CT molecular complexity index is 566. The number of amides is 1. The first kappa shape index (κ1) is 14.3. The number of benzene rings is 2. The highest BCUT2D eigenvalue weighted by atomic mass is 16.2. The molecule has 0 bridgehead atoms. The molecule has 0 aromatic heterocycles. The van der Waals surface area contributed by atoms with Crippen LogP contribution >= 0.6 is 0 Å². The van der Waals surface area contributed by atoms with Gasteiger partial charge < -0.3 is 10.2 Å². The molecule has 2 rings (SSSR count). The van der Waals surface area contributed by atoms with Gasteiger partial charge in [-0.15, -0.1) is 0 Å². The van der Waals surface area contributed by atoms with Crippen LogP contribution in [0.1, 0.15) is 11.1 Å². The third kappa shape index (κ3) is 3.68. The number of para-hydroxylation sites is 1. The minimum Gasteiger partial charge on any atom is -0.314 e. The van der Waals surface area contributed by atoms with E-state index in [9.17, 15) is 4.79 Å². The van der Waals surface area contributed by atoms with E-state index in [4.69, 9.17) is 0 Å². The van der Waals surface area contributed by atoms with E-state index in [1.165, 1.54) is 11.1 Å². The molecule has 0 saturated carbocycles. The number of hydrogen-bond acceptors (Lipinski definition) is 2. The van der Waals surface area contributed by atoms with Gasteiger partial charge in [0, 0.05) is 19.3 Å². The second-order valence-corrected chi connectivity index (χ2v) is 4.82. The van der Waals surface area contributed by atoms with E-state index in [0.717, 1.165) is 5.69 Å². The van der Waals surface area contributed by atoms with Gasteiger partial charge in [-0.2, -0.15) is 0 Å². The van der Waals surface area contributed by atoms with Crippen molar-refractivity contribution in [1.29, 1.82) is 0 Å². The van der Waals surface area contributed by atoms with Crippen LogP contribution in [0.4, 0.5) is 5.69 Å². The van der Waals surface area contributed by atoms with Crippen LogP contribution < -0.4 is 10.2 Å². The zero-order chi connectivity index (χ0) is 14.4. The first-order valence-electron chi connectivity index (χ1n) is 6.75. The molecule has 0 saturated heterocycles. The van der Waals surface area contributed by atoms with Gasteiger partial charge in [0.05, 0.1) is 6.54 Å². The lowest BCUT2D eigenvalue weighted by Gasteiger charge is -2.17. The van der Waals surface area contributed by atoms with Crippen LogP contribution in [0.25, 0.3) is 0 Å². The van der Waals surface area contributed by atoms with Gasteiger partial charge in [0.2, 0.25) is 5.91 Å². The van der Waals surface area contributed by atoms with E-state index in [1.807, 2.05) is 42.5 Å². The number of aryl methyl sites for hydroxylation is 1. The number of nitrogens with zero attached hydrogens (tertiary/aromatic N) is 1. The van der Waals surface area contributed by atoms with E-state index in [0.29, 0.717) is 13.1 Å². The molecule has 2 aromatic rings. The van der Waals surface area contributed by atoms with Crippen LogP contribution in [0.15, 0.2) is 54.6 Å². The van der Waals surface area contributed by atoms with E-state index < -0.39 is 0 Å². The van der Waals surface area contributed by atoms with Gasteiger partial charge in [0.1, 0.15) is 0 Å². The zero-order valence-electron chi connectivity index (χ0n) is 12.0. The Balaban J connectivity index is 1.85. The van der Waals surface area contributed by atoms with Crippen LogP contribution in [-0.4, -0.2) is 19.5 Å². The van der Waals surface area contributed by atoms with Gasteiger partial charge in [-0.1, -0.05) is 42.5 Å². The summed E-state index contributed by atoms with van der Waals surface area (Å²) in [4.78, 5) is 13.8. The molecule has 3 nitrogen and oxygen atoms in total.